The molecule has 0 aromatic carbocycles. The maximum absolute atomic E-state index is 5.73. The summed E-state index contributed by atoms with van der Waals surface area (Å²) in [6, 6.07) is 0.616. The quantitative estimate of drug-likeness (QED) is 0.680. The van der Waals surface area contributed by atoms with E-state index in [4.69, 9.17) is 4.84 Å². The van der Waals surface area contributed by atoms with Crippen LogP contribution in [0.25, 0.3) is 0 Å². The molecule has 2 fully saturated rings. The molecule has 0 aromatic rings. The summed E-state index contributed by atoms with van der Waals surface area (Å²) in [7, 11) is 2.10. The predicted molar refractivity (Wildman–Crippen MR) is 71.5 cm³/mol. The Morgan fingerprint density at radius 2 is 2.12 bits per heavy atom. The topological polar surface area (TPSA) is 12.5 Å². The summed E-state index contributed by atoms with van der Waals surface area (Å²) in [6.07, 6.45) is 6.31. The van der Waals surface area contributed by atoms with E-state index >= 15 is 0 Å². The third-order valence-corrected chi connectivity index (χ3v) is 4.44. The molecule has 2 heteroatoms. The molecule has 17 heavy (non-hydrogen) atoms. The van der Waals surface area contributed by atoms with Crippen molar-refractivity contribution in [3.63, 3.8) is 0 Å². The summed E-state index contributed by atoms with van der Waals surface area (Å²) in [5.74, 6) is 1.58. The van der Waals surface area contributed by atoms with Gasteiger partial charge in [0, 0.05) is 19.0 Å². The summed E-state index contributed by atoms with van der Waals surface area (Å²) in [6.45, 7) is 10.1. The highest BCUT2D eigenvalue weighted by atomic mass is 16.7. The van der Waals surface area contributed by atoms with E-state index in [1.807, 2.05) is 0 Å². The van der Waals surface area contributed by atoms with Crippen LogP contribution in [0.5, 0.6) is 0 Å². The van der Waals surface area contributed by atoms with Gasteiger partial charge in [0.1, 0.15) is 0 Å². The Morgan fingerprint density at radius 3 is 2.76 bits per heavy atom. The molecule has 0 amide bonds. The molecule has 2 rings (SSSR count). The Labute approximate surface area is 106 Å². The number of allylic oxidation sites excluding steroid dienone is 2. The van der Waals surface area contributed by atoms with Gasteiger partial charge < -0.3 is 0 Å². The van der Waals surface area contributed by atoms with Gasteiger partial charge in [-0.1, -0.05) is 25.5 Å². The van der Waals surface area contributed by atoms with Crippen molar-refractivity contribution in [3.8, 4) is 0 Å². The number of hydrogen-bond donors (Lipinski definition) is 0. The third kappa shape index (κ3) is 2.74. The molecule has 3 atom stereocenters. The Bertz CT molecular complexity index is 304. The van der Waals surface area contributed by atoms with Crippen molar-refractivity contribution in [1.29, 1.82) is 0 Å². The first-order valence-corrected chi connectivity index (χ1v) is 6.89. The predicted octanol–water partition coefficient (Wildman–Crippen LogP) is 3.64. The van der Waals surface area contributed by atoms with Crippen LogP contribution in [0.15, 0.2) is 11.6 Å². The van der Waals surface area contributed by atoms with E-state index in [0.717, 1.165) is 18.4 Å². The summed E-state index contributed by atoms with van der Waals surface area (Å²) in [5, 5.41) is 2.11. The molecule has 1 saturated heterocycles. The van der Waals surface area contributed by atoms with E-state index in [2.05, 4.69) is 45.9 Å². The van der Waals surface area contributed by atoms with E-state index in [-0.39, 0.29) is 0 Å². The molecule has 0 spiro atoms. The van der Waals surface area contributed by atoms with Gasteiger partial charge in [-0.15, -0.1) is 0 Å². The molecule has 0 N–H and O–H groups in total. The van der Waals surface area contributed by atoms with Crippen molar-refractivity contribution in [2.45, 2.75) is 53.0 Å². The zero-order valence-corrected chi connectivity index (χ0v) is 12.0. The molecular weight excluding hydrogens is 210 g/mol. The SMILES string of the molecule is CC(C)=CCC1CC2CON(C)C2C(C)(C)C1. The number of hydrogen-bond acceptors (Lipinski definition) is 2. The lowest BCUT2D eigenvalue weighted by molar-refractivity contribution is -0.135. The molecule has 0 aromatic heterocycles. The van der Waals surface area contributed by atoms with Crippen LogP contribution in [-0.2, 0) is 4.84 Å². The van der Waals surface area contributed by atoms with E-state index in [1.54, 1.807) is 0 Å². The van der Waals surface area contributed by atoms with Gasteiger partial charge in [0.15, 0.2) is 0 Å². The van der Waals surface area contributed by atoms with Crippen LogP contribution in [0.4, 0.5) is 0 Å². The maximum Gasteiger partial charge on any atom is 0.0729 e. The molecule has 1 aliphatic heterocycles. The normalized spacial score (nSPS) is 36.6. The second-order valence-corrected chi connectivity index (χ2v) is 6.86. The Hall–Kier alpha value is -0.340. The molecule has 0 radical (unpaired) electrons. The van der Waals surface area contributed by atoms with Gasteiger partial charge in [0.25, 0.3) is 0 Å². The summed E-state index contributed by atoms with van der Waals surface area (Å²) in [4.78, 5) is 5.73. The van der Waals surface area contributed by atoms with Crippen LogP contribution >= 0.6 is 0 Å². The lowest BCUT2D eigenvalue weighted by Crippen LogP contribution is -2.47. The zero-order chi connectivity index (χ0) is 12.6. The minimum atomic E-state index is 0.383. The van der Waals surface area contributed by atoms with Crippen molar-refractivity contribution in [2.75, 3.05) is 13.7 Å². The highest BCUT2D eigenvalue weighted by Gasteiger charge is 2.48. The molecular formula is C15H27NO. The van der Waals surface area contributed by atoms with Crippen LogP contribution in [0.2, 0.25) is 0 Å². The lowest BCUT2D eigenvalue weighted by atomic mass is 9.63. The average molecular weight is 237 g/mol. The van der Waals surface area contributed by atoms with Crippen molar-refractivity contribution in [1.82, 2.24) is 5.06 Å². The van der Waals surface area contributed by atoms with Gasteiger partial charge in [0.05, 0.1) is 6.61 Å². The fourth-order valence-electron chi connectivity index (χ4n) is 3.97. The maximum atomic E-state index is 5.73. The monoisotopic (exact) mass is 237 g/mol. The van der Waals surface area contributed by atoms with E-state index in [1.165, 1.54) is 24.8 Å². The second kappa shape index (κ2) is 4.74. The van der Waals surface area contributed by atoms with E-state index in [0.29, 0.717) is 11.5 Å². The molecule has 1 heterocycles. The van der Waals surface area contributed by atoms with E-state index < -0.39 is 0 Å². The average Bonchev–Trinajstić information content (AvgIpc) is 2.57. The molecule has 0 bridgehead atoms. The summed E-state index contributed by atoms with van der Waals surface area (Å²) in [5.41, 5.74) is 1.83. The Morgan fingerprint density at radius 1 is 1.41 bits per heavy atom. The fraction of sp³-hybridized carbons (Fsp3) is 0.867. The van der Waals surface area contributed by atoms with Gasteiger partial charge in [0.2, 0.25) is 0 Å². The first-order valence-electron chi connectivity index (χ1n) is 6.89. The van der Waals surface area contributed by atoms with Gasteiger partial charge in [-0.3, -0.25) is 4.84 Å². The van der Waals surface area contributed by atoms with Gasteiger partial charge in [-0.05, 0) is 44.4 Å². The zero-order valence-electron chi connectivity index (χ0n) is 12.0. The highest BCUT2D eigenvalue weighted by Crippen LogP contribution is 2.48. The molecule has 98 valence electrons. The molecule has 3 unspecified atom stereocenters. The van der Waals surface area contributed by atoms with Crippen LogP contribution in [-0.4, -0.2) is 24.8 Å². The number of hydroxylamine groups is 2. The minimum Gasteiger partial charge on any atom is -0.299 e. The molecule has 2 nitrogen and oxygen atoms in total. The second-order valence-electron chi connectivity index (χ2n) is 6.86. The lowest BCUT2D eigenvalue weighted by Gasteiger charge is -2.45. The van der Waals surface area contributed by atoms with Crippen LogP contribution < -0.4 is 0 Å². The Kier molecular flexibility index (Phi) is 3.65. The number of nitrogens with zero attached hydrogens (tertiary/aromatic N) is 1. The molecule has 2 aliphatic rings. The number of fused-ring (bicyclic) bond motifs is 1. The van der Waals surface area contributed by atoms with Crippen LogP contribution in [0.1, 0.15) is 47.0 Å². The smallest absolute Gasteiger partial charge is 0.0729 e. The van der Waals surface area contributed by atoms with Crippen molar-refractivity contribution >= 4 is 0 Å². The molecule has 1 saturated carbocycles. The number of rotatable bonds is 2. The summed E-state index contributed by atoms with van der Waals surface area (Å²) >= 11 is 0. The fourth-order valence-corrected chi connectivity index (χ4v) is 3.97. The van der Waals surface area contributed by atoms with Gasteiger partial charge in [-0.2, -0.15) is 5.06 Å². The van der Waals surface area contributed by atoms with E-state index in [9.17, 15) is 0 Å². The van der Waals surface area contributed by atoms with Crippen LogP contribution in [0.3, 0.4) is 0 Å². The third-order valence-electron chi connectivity index (χ3n) is 4.44. The minimum absolute atomic E-state index is 0.383. The van der Waals surface area contributed by atoms with Crippen LogP contribution in [0, 0.1) is 17.3 Å². The highest BCUT2D eigenvalue weighted by molar-refractivity contribution is 5.01. The standard InChI is InChI=1S/C15H27NO/c1-11(2)6-7-12-8-13-10-17-16(5)14(13)15(3,4)9-12/h6,12-14H,7-10H2,1-5H3. The van der Waals surface area contributed by atoms with Gasteiger partial charge >= 0.3 is 0 Å². The first kappa shape index (κ1) is 13.1. The largest absolute Gasteiger partial charge is 0.299 e. The van der Waals surface area contributed by atoms with Crippen molar-refractivity contribution in [3.05, 3.63) is 11.6 Å². The Balaban J connectivity index is 2.05. The van der Waals surface area contributed by atoms with Crippen molar-refractivity contribution in [2.24, 2.45) is 17.3 Å². The first-order chi connectivity index (χ1) is 7.90. The summed E-state index contributed by atoms with van der Waals surface area (Å²) < 4.78 is 0. The molecule has 1 aliphatic carbocycles. The van der Waals surface area contributed by atoms with Gasteiger partial charge in [-0.25, -0.2) is 0 Å². The van der Waals surface area contributed by atoms with Crippen molar-refractivity contribution < 1.29 is 4.84 Å².